The Kier molecular flexibility index (Phi) is 4.60. The minimum atomic E-state index is 1.01. The molecule has 9 heavy (non-hydrogen) atoms. The molecular weight excluding hydrogens is 110 g/mol. The number of rotatable bonds is 3. The molecule has 0 bridgehead atoms. The van der Waals surface area contributed by atoms with E-state index in [-0.39, 0.29) is 0 Å². The van der Waals surface area contributed by atoms with E-state index in [1.165, 1.54) is 11.8 Å². The Morgan fingerprint density at radius 1 is 1.67 bits per heavy atom. The van der Waals surface area contributed by atoms with E-state index in [0.29, 0.717) is 0 Å². The van der Waals surface area contributed by atoms with Crippen molar-refractivity contribution in [2.45, 2.75) is 13.3 Å². The lowest BCUT2D eigenvalue weighted by atomic mass is 10.2. The highest BCUT2D eigenvalue weighted by molar-refractivity contribution is 5.20. The Bertz CT molecular complexity index is 132. The average Bonchev–Trinajstić information content (AvgIpc) is 1.91. The van der Waals surface area contributed by atoms with Crippen molar-refractivity contribution >= 4 is 0 Å². The first-order valence-electron chi connectivity index (χ1n) is 3.05. The molecule has 0 unspecified atom stereocenters. The van der Waals surface area contributed by atoms with Crippen molar-refractivity contribution in [1.82, 2.24) is 0 Å². The van der Waals surface area contributed by atoms with Crippen molar-refractivity contribution in [1.29, 1.82) is 0 Å². The predicted octanol–water partition coefficient (Wildman–Crippen LogP) is 1.98. The van der Waals surface area contributed by atoms with E-state index in [1.54, 1.807) is 6.08 Å². The van der Waals surface area contributed by atoms with Crippen LogP contribution in [-0.4, -0.2) is 0 Å². The number of allylic oxidation sites excluding steroid dienone is 4. The molecule has 0 aromatic heterocycles. The van der Waals surface area contributed by atoms with Gasteiger partial charge in [0, 0.05) is 0 Å². The summed E-state index contributed by atoms with van der Waals surface area (Å²) in [5, 5.41) is 0. The summed E-state index contributed by atoms with van der Waals surface area (Å²) in [6, 6.07) is 0. The van der Waals surface area contributed by atoms with Crippen molar-refractivity contribution in [2.24, 2.45) is 5.73 Å². The van der Waals surface area contributed by atoms with Crippen LogP contribution in [0.1, 0.15) is 13.3 Å². The second-order valence-electron chi connectivity index (χ2n) is 1.68. The van der Waals surface area contributed by atoms with E-state index < -0.39 is 0 Å². The molecule has 0 aliphatic rings. The molecular formula is C8H13N. The van der Waals surface area contributed by atoms with Gasteiger partial charge in [-0.05, 0) is 24.3 Å². The zero-order chi connectivity index (χ0) is 7.11. The van der Waals surface area contributed by atoms with Gasteiger partial charge in [-0.1, -0.05) is 25.7 Å². The molecule has 0 aliphatic heterocycles. The molecule has 50 valence electrons. The number of hydrogen-bond acceptors (Lipinski definition) is 1. The van der Waals surface area contributed by atoms with Crippen molar-refractivity contribution < 1.29 is 0 Å². The summed E-state index contributed by atoms with van der Waals surface area (Å²) in [5.74, 6) is 0. The second-order valence-corrected chi connectivity index (χ2v) is 1.68. The van der Waals surface area contributed by atoms with Crippen molar-refractivity contribution in [3.05, 3.63) is 36.6 Å². The fraction of sp³-hybridized carbons (Fsp3) is 0.250. The summed E-state index contributed by atoms with van der Waals surface area (Å²) >= 11 is 0. The van der Waals surface area contributed by atoms with Gasteiger partial charge in [-0.3, -0.25) is 0 Å². The highest BCUT2D eigenvalue weighted by Crippen LogP contribution is 1.99. The lowest BCUT2D eigenvalue weighted by Crippen LogP contribution is -1.75. The largest absolute Gasteiger partial charge is 0.405 e. The average molecular weight is 123 g/mol. The Labute approximate surface area is 56.6 Å². The fourth-order valence-corrected chi connectivity index (χ4v) is 0.509. The smallest absolute Gasteiger partial charge is 0.00623 e. The molecule has 0 fully saturated rings. The molecule has 0 aromatic rings. The van der Waals surface area contributed by atoms with Gasteiger partial charge in [-0.25, -0.2) is 0 Å². The van der Waals surface area contributed by atoms with Gasteiger partial charge in [0.25, 0.3) is 0 Å². The molecule has 0 aromatic carbocycles. The van der Waals surface area contributed by atoms with Crippen LogP contribution in [-0.2, 0) is 0 Å². The summed E-state index contributed by atoms with van der Waals surface area (Å²) in [6.07, 6.45) is 8.11. The van der Waals surface area contributed by atoms with Crippen molar-refractivity contribution in [3.63, 3.8) is 0 Å². The van der Waals surface area contributed by atoms with Gasteiger partial charge < -0.3 is 5.73 Å². The highest BCUT2D eigenvalue weighted by atomic mass is 14.5. The van der Waals surface area contributed by atoms with Gasteiger partial charge in [0.15, 0.2) is 0 Å². The summed E-state index contributed by atoms with van der Waals surface area (Å²) < 4.78 is 0. The molecule has 0 saturated heterocycles. The van der Waals surface area contributed by atoms with E-state index in [0.717, 1.165) is 6.42 Å². The normalized spacial score (nSPS) is 12.3. The molecule has 0 amide bonds. The summed E-state index contributed by atoms with van der Waals surface area (Å²) in [5.41, 5.74) is 6.33. The molecule has 2 N–H and O–H groups in total. The first-order chi connectivity index (χ1) is 4.35. The summed E-state index contributed by atoms with van der Waals surface area (Å²) in [7, 11) is 0. The van der Waals surface area contributed by atoms with Crippen LogP contribution in [0.15, 0.2) is 36.6 Å². The summed E-state index contributed by atoms with van der Waals surface area (Å²) in [4.78, 5) is 0. The third kappa shape index (κ3) is 3.59. The molecule has 0 radical (unpaired) electrons. The van der Waals surface area contributed by atoms with Crippen molar-refractivity contribution in [2.75, 3.05) is 0 Å². The summed E-state index contributed by atoms with van der Waals surface area (Å²) in [6.45, 7) is 5.72. The van der Waals surface area contributed by atoms with E-state index in [9.17, 15) is 0 Å². The zero-order valence-corrected chi connectivity index (χ0v) is 5.80. The van der Waals surface area contributed by atoms with E-state index in [4.69, 9.17) is 5.73 Å². The lowest BCUT2D eigenvalue weighted by Gasteiger charge is -1.89. The van der Waals surface area contributed by atoms with Gasteiger partial charge in [-0.2, -0.15) is 0 Å². The van der Waals surface area contributed by atoms with Gasteiger partial charge in [0.05, 0.1) is 0 Å². The van der Waals surface area contributed by atoms with Crippen LogP contribution in [0.5, 0.6) is 0 Å². The molecule has 1 heteroatoms. The third-order valence-electron chi connectivity index (χ3n) is 1.09. The Morgan fingerprint density at radius 2 is 2.33 bits per heavy atom. The quantitative estimate of drug-likeness (QED) is 0.570. The molecule has 0 rings (SSSR count). The van der Waals surface area contributed by atoms with E-state index in [2.05, 4.69) is 13.5 Å². The van der Waals surface area contributed by atoms with Crippen LogP contribution in [0, 0.1) is 0 Å². The molecule has 1 nitrogen and oxygen atoms in total. The Morgan fingerprint density at radius 3 is 2.67 bits per heavy atom. The van der Waals surface area contributed by atoms with Crippen LogP contribution in [0.25, 0.3) is 0 Å². The van der Waals surface area contributed by atoms with Gasteiger partial charge in [0.2, 0.25) is 0 Å². The standard InChI is InChI=1S/C8H13N/c1-3-8(4-2)6-5-7-9/h3,5-7H,1,4,9H2,2H3/b7-5-,8-6+. The Balaban J connectivity index is 3.90. The van der Waals surface area contributed by atoms with Crippen LogP contribution in [0.4, 0.5) is 0 Å². The lowest BCUT2D eigenvalue weighted by molar-refractivity contribution is 1.15. The zero-order valence-electron chi connectivity index (χ0n) is 5.80. The monoisotopic (exact) mass is 123 g/mol. The minimum absolute atomic E-state index is 1.01. The first kappa shape index (κ1) is 8.02. The van der Waals surface area contributed by atoms with E-state index in [1.807, 2.05) is 12.2 Å². The molecule has 0 heterocycles. The SMILES string of the molecule is C=C/C(=C\C=C/N)CC. The van der Waals surface area contributed by atoms with Crippen LogP contribution in [0.3, 0.4) is 0 Å². The van der Waals surface area contributed by atoms with Gasteiger partial charge in [0.1, 0.15) is 0 Å². The predicted molar refractivity (Wildman–Crippen MR) is 41.9 cm³/mol. The molecule has 0 atom stereocenters. The van der Waals surface area contributed by atoms with Crippen LogP contribution in [0.2, 0.25) is 0 Å². The molecule has 0 aliphatic carbocycles. The second kappa shape index (κ2) is 5.16. The van der Waals surface area contributed by atoms with Gasteiger partial charge in [-0.15, -0.1) is 0 Å². The molecule has 0 spiro atoms. The van der Waals surface area contributed by atoms with Gasteiger partial charge >= 0.3 is 0 Å². The third-order valence-corrected chi connectivity index (χ3v) is 1.09. The van der Waals surface area contributed by atoms with Crippen LogP contribution >= 0.6 is 0 Å². The van der Waals surface area contributed by atoms with Crippen LogP contribution < -0.4 is 5.73 Å². The maximum Gasteiger partial charge on any atom is -0.00623 e. The molecule has 0 saturated carbocycles. The maximum atomic E-state index is 5.13. The maximum absolute atomic E-state index is 5.13. The fourth-order valence-electron chi connectivity index (χ4n) is 0.509. The minimum Gasteiger partial charge on any atom is -0.405 e. The van der Waals surface area contributed by atoms with Crippen molar-refractivity contribution in [3.8, 4) is 0 Å². The Hall–Kier alpha value is -0.980. The first-order valence-corrected chi connectivity index (χ1v) is 3.05. The topological polar surface area (TPSA) is 26.0 Å². The number of nitrogens with two attached hydrogens (primary N) is 1. The van der Waals surface area contributed by atoms with E-state index >= 15 is 0 Å². The highest BCUT2D eigenvalue weighted by Gasteiger charge is 1.79. The number of hydrogen-bond donors (Lipinski definition) is 1.